The highest BCUT2D eigenvalue weighted by atomic mass is 79.9. The van der Waals surface area contributed by atoms with E-state index < -0.39 is 10.8 Å². The van der Waals surface area contributed by atoms with Gasteiger partial charge in [-0.25, -0.2) is 0 Å². The Balaban J connectivity index is 2.04. The van der Waals surface area contributed by atoms with E-state index in [1.54, 1.807) is 31.2 Å². The largest absolute Gasteiger partial charge is 0.483 e. The number of nitrogens with zero attached hydrogens (tertiary/aromatic N) is 1. The predicted octanol–water partition coefficient (Wildman–Crippen LogP) is 4.34. The molecule has 0 saturated carbocycles. The fraction of sp³-hybridized carbons (Fsp3) is 0.133. The zero-order chi connectivity index (χ0) is 17.0. The molecular weight excluding hydrogens is 388 g/mol. The summed E-state index contributed by atoms with van der Waals surface area (Å²) in [5.41, 5.74) is 0.700. The second kappa shape index (κ2) is 7.43. The molecule has 2 rings (SSSR count). The zero-order valence-corrected chi connectivity index (χ0v) is 14.3. The van der Waals surface area contributed by atoms with E-state index in [2.05, 4.69) is 21.2 Å². The number of nitro groups is 1. The summed E-state index contributed by atoms with van der Waals surface area (Å²) >= 11 is 9.09. The van der Waals surface area contributed by atoms with Crippen LogP contribution in [0.25, 0.3) is 0 Å². The summed E-state index contributed by atoms with van der Waals surface area (Å²) in [6.07, 6.45) is 0. The molecule has 0 aliphatic rings. The number of benzene rings is 2. The third-order valence-corrected chi connectivity index (χ3v) is 3.73. The SMILES string of the molecule is Cc1ccc(NC(=O)COc2ccc(Cl)cc2Br)c([N+](=O)[O-])c1. The minimum Gasteiger partial charge on any atom is -0.483 e. The van der Waals surface area contributed by atoms with Crippen molar-refractivity contribution in [2.45, 2.75) is 6.92 Å². The van der Waals surface area contributed by atoms with Gasteiger partial charge in [0.1, 0.15) is 11.4 Å². The van der Waals surface area contributed by atoms with Crippen molar-refractivity contribution in [3.63, 3.8) is 0 Å². The minimum atomic E-state index is -0.542. The van der Waals surface area contributed by atoms with Gasteiger partial charge in [-0.05, 0) is 52.7 Å². The normalized spacial score (nSPS) is 10.2. The monoisotopic (exact) mass is 398 g/mol. The van der Waals surface area contributed by atoms with Crippen LogP contribution in [0.1, 0.15) is 5.56 Å². The molecule has 8 heteroatoms. The Hall–Kier alpha value is -2.12. The lowest BCUT2D eigenvalue weighted by Crippen LogP contribution is -2.20. The van der Waals surface area contributed by atoms with E-state index in [9.17, 15) is 14.9 Å². The number of hydrogen-bond acceptors (Lipinski definition) is 4. The van der Waals surface area contributed by atoms with Gasteiger partial charge in [0.05, 0.1) is 9.40 Å². The Kier molecular flexibility index (Phi) is 5.57. The number of ether oxygens (including phenoxy) is 1. The van der Waals surface area contributed by atoms with E-state index >= 15 is 0 Å². The molecule has 1 amide bonds. The van der Waals surface area contributed by atoms with E-state index in [0.717, 1.165) is 5.56 Å². The van der Waals surface area contributed by atoms with Crippen LogP contribution in [0.5, 0.6) is 5.75 Å². The van der Waals surface area contributed by atoms with E-state index in [1.165, 1.54) is 12.1 Å². The van der Waals surface area contributed by atoms with Gasteiger partial charge in [-0.1, -0.05) is 17.7 Å². The third-order valence-electron chi connectivity index (χ3n) is 2.88. The van der Waals surface area contributed by atoms with Gasteiger partial charge in [0.2, 0.25) is 0 Å². The maximum atomic E-state index is 11.9. The average molecular weight is 400 g/mol. The second-order valence-electron chi connectivity index (χ2n) is 4.69. The van der Waals surface area contributed by atoms with Crippen molar-refractivity contribution in [1.82, 2.24) is 0 Å². The van der Waals surface area contributed by atoms with Gasteiger partial charge in [0, 0.05) is 11.1 Å². The van der Waals surface area contributed by atoms with Crippen molar-refractivity contribution in [2.24, 2.45) is 0 Å². The van der Waals surface area contributed by atoms with E-state index in [1.807, 2.05) is 0 Å². The molecule has 0 aliphatic heterocycles. The molecule has 0 fully saturated rings. The van der Waals surface area contributed by atoms with Gasteiger partial charge in [0.15, 0.2) is 6.61 Å². The highest BCUT2D eigenvalue weighted by Gasteiger charge is 2.16. The highest BCUT2D eigenvalue weighted by Crippen LogP contribution is 2.28. The molecule has 2 aromatic carbocycles. The Morgan fingerprint density at radius 2 is 2.09 bits per heavy atom. The number of hydrogen-bond donors (Lipinski definition) is 1. The lowest BCUT2D eigenvalue weighted by Gasteiger charge is -2.09. The van der Waals surface area contributed by atoms with E-state index in [0.29, 0.717) is 15.2 Å². The lowest BCUT2D eigenvalue weighted by molar-refractivity contribution is -0.384. The summed E-state index contributed by atoms with van der Waals surface area (Å²) in [7, 11) is 0. The van der Waals surface area contributed by atoms with E-state index in [-0.39, 0.29) is 18.0 Å². The third kappa shape index (κ3) is 4.67. The first-order chi connectivity index (χ1) is 10.9. The first-order valence-electron chi connectivity index (χ1n) is 6.49. The summed E-state index contributed by atoms with van der Waals surface area (Å²) in [5, 5.41) is 14.0. The maximum absolute atomic E-state index is 11.9. The molecule has 0 aromatic heterocycles. The van der Waals surface area contributed by atoms with Crippen LogP contribution in [-0.4, -0.2) is 17.4 Å². The molecule has 23 heavy (non-hydrogen) atoms. The number of amides is 1. The van der Waals surface area contributed by atoms with Gasteiger partial charge in [-0.2, -0.15) is 0 Å². The number of nitrogens with one attached hydrogen (secondary N) is 1. The van der Waals surface area contributed by atoms with Crippen LogP contribution in [0.3, 0.4) is 0 Å². The molecule has 0 spiro atoms. The number of nitro benzene ring substituents is 1. The van der Waals surface area contributed by atoms with E-state index in [4.69, 9.17) is 16.3 Å². The molecule has 2 aromatic rings. The molecule has 0 saturated heterocycles. The second-order valence-corrected chi connectivity index (χ2v) is 5.98. The van der Waals surface area contributed by atoms with Crippen LogP contribution in [0.2, 0.25) is 5.02 Å². The Labute approximate surface area is 145 Å². The smallest absolute Gasteiger partial charge is 0.293 e. The number of halogens is 2. The van der Waals surface area contributed by atoms with Crippen LogP contribution in [-0.2, 0) is 4.79 Å². The molecule has 120 valence electrons. The Morgan fingerprint density at radius 1 is 1.35 bits per heavy atom. The molecule has 0 aliphatic carbocycles. The van der Waals surface area contributed by atoms with Crippen LogP contribution in [0.4, 0.5) is 11.4 Å². The standard InChI is InChI=1S/C15H12BrClN2O4/c1-9-2-4-12(13(6-9)19(21)22)18-15(20)8-23-14-5-3-10(17)7-11(14)16/h2-7H,8H2,1H3,(H,18,20). The fourth-order valence-electron chi connectivity index (χ4n) is 1.82. The fourth-order valence-corrected chi connectivity index (χ4v) is 2.62. The number of anilines is 1. The zero-order valence-electron chi connectivity index (χ0n) is 12.0. The number of aryl methyl sites for hydroxylation is 1. The Morgan fingerprint density at radius 3 is 2.74 bits per heavy atom. The molecule has 0 radical (unpaired) electrons. The predicted molar refractivity (Wildman–Crippen MR) is 91.1 cm³/mol. The van der Waals surface area contributed by atoms with Crippen molar-refractivity contribution >= 4 is 44.8 Å². The quantitative estimate of drug-likeness (QED) is 0.599. The molecule has 0 heterocycles. The van der Waals surface area contributed by atoms with Gasteiger partial charge in [-0.3, -0.25) is 14.9 Å². The van der Waals surface area contributed by atoms with Gasteiger partial charge >= 0.3 is 0 Å². The van der Waals surface area contributed by atoms with Crippen molar-refractivity contribution in [3.8, 4) is 5.75 Å². The van der Waals surface area contributed by atoms with Crippen LogP contribution in [0.15, 0.2) is 40.9 Å². The highest BCUT2D eigenvalue weighted by molar-refractivity contribution is 9.10. The first-order valence-corrected chi connectivity index (χ1v) is 7.66. The molecule has 0 unspecified atom stereocenters. The lowest BCUT2D eigenvalue weighted by atomic mass is 10.2. The van der Waals surface area contributed by atoms with Crippen LogP contribution < -0.4 is 10.1 Å². The van der Waals surface area contributed by atoms with Crippen molar-refractivity contribution in [3.05, 3.63) is 61.6 Å². The summed E-state index contributed by atoms with van der Waals surface area (Å²) in [5.74, 6) is -0.0539. The average Bonchev–Trinajstić information content (AvgIpc) is 2.48. The number of rotatable bonds is 5. The topological polar surface area (TPSA) is 81.5 Å². The van der Waals surface area contributed by atoms with Crippen LogP contribution >= 0.6 is 27.5 Å². The number of carbonyl (C=O) groups is 1. The van der Waals surface area contributed by atoms with Gasteiger partial charge < -0.3 is 10.1 Å². The van der Waals surface area contributed by atoms with Crippen molar-refractivity contribution in [2.75, 3.05) is 11.9 Å². The summed E-state index contributed by atoms with van der Waals surface area (Å²) in [6.45, 7) is 1.45. The molecule has 6 nitrogen and oxygen atoms in total. The number of carbonyl (C=O) groups excluding carboxylic acids is 1. The molecular formula is C15H12BrClN2O4. The van der Waals surface area contributed by atoms with Crippen molar-refractivity contribution < 1.29 is 14.5 Å². The van der Waals surface area contributed by atoms with Crippen molar-refractivity contribution in [1.29, 1.82) is 0 Å². The van der Waals surface area contributed by atoms with Gasteiger partial charge in [-0.15, -0.1) is 0 Å². The summed E-state index contributed by atoms with van der Waals surface area (Å²) < 4.78 is 5.97. The summed E-state index contributed by atoms with van der Waals surface area (Å²) in [6, 6.07) is 9.45. The van der Waals surface area contributed by atoms with Crippen LogP contribution in [0, 0.1) is 17.0 Å². The van der Waals surface area contributed by atoms with Gasteiger partial charge in [0.25, 0.3) is 11.6 Å². The maximum Gasteiger partial charge on any atom is 0.293 e. The molecule has 1 N–H and O–H groups in total. The minimum absolute atomic E-state index is 0.129. The first kappa shape index (κ1) is 17.2. The summed E-state index contributed by atoms with van der Waals surface area (Å²) in [4.78, 5) is 22.4. The molecule has 0 atom stereocenters. The Bertz CT molecular complexity index is 767. The molecule has 0 bridgehead atoms.